The number of halogens is 3. The van der Waals surface area contributed by atoms with Gasteiger partial charge in [-0.3, -0.25) is 4.90 Å². The second kappa shape index (κ2) is 7.91. The Bertz CT molecular complexity index is 261. The van der Waals surface area contributed by atoms with Crippen molar-refractivity contribution in [3.63, 3.8) is 0 Å². The lowest BCUT2D eigenvalue weighted by Crippen LogP contribution is -2.47. The molecule has 0 amide bonds. The molecular weight excluding hydrogens is 265 g/mol. The van der Waals surface area contributed by atoms with Gasteiger partial charge in [-0.15, -0.1) is 0 Å². The van der Waals surface area contributed by atoms with Gasteiger partial charge in [0.25, 0.3) is 0 Å². The number of methoxy groups -OCH3 is 1. The molecule has 0 spiro atoms. The van der Waals surface area contributed by atoms with Crippen molar-refractivity contribution in [3.05, 3.63) is 0 Å². The van der Waals surface area contributed by atoms with Crippen LogP contribution in [0.1, 0.15) is 20.3 Å². The second-order valence-electron chi connectivity index (χ2n) is 4.24. The number of hydrogen-bond acceptors (Lipinski definition) is 3. The summed E-state index contributed by atoms with van der Waals surface area (Å²) in [5, 5.41) is 0. The molecule has 0 aliphatic rings. The van der Waals surface area contributed by atoms with Gasteiger partial charge >= 0.3 is 6.18 Å². The molecule has 0 aliphatic heterocycles. The summed E-state index contributed by atoms with van der Waals surface area (Å²) in [7, 11) is 1.52. The van der Waals surface area contributed by atoms with Crippen molar-refractivity contribution in [3.8, 4) is 0 Å². The average Bonchev–Trinajstić information content (AvgIpc) is 2.26. The fraction of sp³-hybridized carbons (Fsp3) is 0.909. The summed E-state index contributed by atoms with van der Waals surface area (Å²) in [5.41, 5.74) is 5.19. The lowest BCUT2D eigenvalue weighted by molar-refractivity contribution is -0.160. The van der Waals surface area contributed by atoms with Gasteiger partial charge in [-0.05, 0) is 13.3 Å². The predicted molar refractivity (Wildman–Crippen MR) is 69.5 cm³/mol. The topological polar surface area (TPSA) is 38.5 Å². The molecular formula is C11H21F3N2OS. The zero-order chi connectivity index (χ0) is 14.3. The highest BCUT2D eigenvalue weighted by molar-refractivity contribution is 7.80. The molecule has 0 fully saturated rings. The van der Waals surface area contributed by atoms with Crippen molar-refractivity contribution in [2.24, 2.45) is 11.7 Å². The van der Waals surface area contributed by atoms with E-state index in [0.717, 1.165) is 6.42 Å². The third kappa shape index (κ3) is 5.97. The maximum Gasteiger partial charge on any atom is 0.399 e. The summed E-state index contributed by atoms with van der Waals surface area (Å²) in [5.74, 6) is -1.77. The summed E-state index contributed by atoms with van der Waals surface area (Å²) < 4.78 is 43.3. The van der Waals surface area contributed by atoms with E-state index in [0.29, 0.717) is 13.2 Å². The van der Waals surface area contributed by atoms with Crippen molar-refractivity contribution in [1.29, 1.82) is 0 Å². The minimum absolute atomic E-state index is 0.0272. The van der Waals surface area contributed by atoms with Gasteiger partial charge in [-0.25, -0.2) is 0 Å². The first-order valence-electron chi connectivity index (χ1n) is 5.83. The Morgan fingerprint density at radius 2 is 2.00 bits per heavy atom. The Balaban J connectivity index is 4.75. The molecule has 0 heterocycles. The lowest BCUT2D eigenvalue weighted by Gasteiger charge is -2.32. The molecule has 0 saturated carbocycles. The molecule has 7 heteroatoms. The number of nitrogens with two attached hydrogens (primary N) is 1. The van der Waals surface area contributed by atoms with Gasteiger partial charge in [0.1, 0.15) is 5.92 Å². The van der Waals surface area contributed by atoms with E-state index in [4.69, 9.17) is 10.5 Å². The number of hydrogen-bond donors (Lipinski definition) is 1. The van der Waals surface area contributed by atoms with E-state index in [1.54, 1.807) is 4.90 Å². The quantitative estimate of drug-likeness (QED) is 0.694. The van der Waals surface area contributed by atoms with Gasteiger partial charge < -0.3 is 10.5 Å². The zero-order valence-electron chi connectivity index (χ0n) is 11.0. The standard InChI is InChI=1S/C11H21F3N2OS/c1-4-8(2)16(5-6-17-3)7-9(10(15)18)11(12,13)14/h8-9H,4-7H2,1-3H3,(H2,15,18). The highest BCUT2D eigenvalue weighted by atomic mass is 32.1. The fourth-order valence-electron chi connectivity index (χ4n) is 1.55. The molecule has 3 nitrogen and oxygen atoms in total. The number of ether oxygens (including phenoxy) is 1. The van der Waals surface area contributed by atoms with Crippen LogP contribution in [0.25, 0.3) is 0 Å². The summed E-state index contributed by atoms with van der Waals surface area (Å²) in [4.78, 5) is 1.20. The molecule has 108 valence electrons. The molecule has 2 N–H and O–H groups in total. The van der Waals surface area contributed by atoms with Gasteiger partial charge in [-0.2, -0.15) is 13.2 Å². The molecule has 0 aromatic carbocycles. The van der Waals surface area contributed by atoms with Crippen LogP contribution >= 0.6 is 12.2 Å². The predicted octanol–water partition coefficient (Wildman–Crippen LogP) is 2.20. The van der Waals surface area contributed by atoms with Gasteiger partial charge in [0.15, 0.2) is 0 Å². The second-order valence-corrected chi connectivity index (χ2v) is 4.71. The van der Waals surface area contributed by atoms with Crippen LogP contribution in [-0.2, 0) is 4.74 Å². The maximum atomic E-state index is 12.8. The Morgan fingerprint density at radius 3 is 2.33 bits per heavy atom. The molecule has 0 aliphatic carbocycles. The van der Waals surface area contributed by atoms with Gasteiger partial charge in [-0.1, -0.05) is 19.1 Å². The highest BCUT2D eigenvalue weighted by Crippen LogP contribution is 2.28. The smallest absolute Gasteiger partial charge is 0.393 e. The van der Waals surface area contributed by atoms with Crippen LogP contribution < -0.4 is 5.73 Å². The van der Waals surface area contributed by atoms with Crippen molar-refractivity contribution in [1.82, 2.24) is 4.90 Å². The zero-order valence-corrected chi connectivity index (χ0v) is 11.8. The Hall–Kier alpha value is -0.400. The summed E-state index contributed by atoms with van der Waals surface area (Å²) in [6.07, 6.45) is -3.64. The molecule has 0 aromatic rings. The normalized spacial score (nSPS) is 15.7. The average molecular weight is 286 g/mol. The van der Waals surface area contributed by atoms with E-state index in [1.165, 1.54) is 7.11 Å². The fourth-order valence-corrected chi connectivity index (χ4v) is 1.76. The van der Waals surface area contributed by atoms with Crippen LogP contribution in [0, 0.1) is 5.92 Å². The van der Waals surface area contributed by atoms with Crippen LogP contribution in [-0.4, -0.2) is 48.9 Å². The summed E-state index contributed by atoms with van der Waals surface area (Å²) >= 11 is 4.52. The van der Waals surface area contributed by atoms with Gasteiger partial charge in [0, 0.05) is 26.2 Å². The third-order valence-corrected chi connectivity index (χ3v) is 3.24. The first kappa shape index (κ1) is 17.6. The van der Waals surface area contributed by atoms with Gasteiger partial charge in [0.05, 0.1) is 11.6 Å². The van der Waals surface area contributed by atoms with E-state index in [-0.39, 0.29) is 12.6 Å². The first-order chi connectivity index (χ1) is 8.23. The van der Waals surface area contributed by atoms with E-state index in [2.05, 4.69) is 12.2 Å². The Kier molecular flexibility index (Phi) is 7.73. The number of rotatable bonds is 8. The van der Waals surface area contributed by atoms with E-state index in [1.807, 2.05) is 13.8 Å². The summed E-state index contributed by atoms with van der Waals surface area (Å²) in [6, 6.07) is 0.0272. The molecule has 2 atom stereocenters. The Labute approximate surface area is 111 Å². The summed E-state index contributed by atoms with van der Waals surface area (Å²) in [6.45, 7) is 4.40. The van der Waals surface area contributed by atoms with Crippen molar-refractivity contribution < 1.29 is 17.9 Å². The van der Waals surface area contributed by atoms with Crippen LogP contribution in [0.15, 0.2) is 0 Å². The molecule has 0 bridgehead atoms. The molecule has 18 heavy (non-hydrogen) atoms. The Morgan fingerprint density at radius 1 is 1.44 bits per heavy atom. The molecule has 0 rings (SSSR count). The van der Waals surface area contributed by atoms with Crippen molar-refractivity contribution in [2.75, 3.05) is 26.8 Å². The number of alkyl halides is 3. The monoisotopic (exact) mass is 286 g/mol. The molecule has 0 radical (unpaired) electrons. The van der Waals surface area contributed by atoms with Crippen molar-refractivity contribution >= 4 is 17.2 Å². The maximum absolute atomic E-state index is 12.8. The lowest BCUT2D eigenvalue weighted by atomic mass is 10.1. The minimum Gasteiger partial charge on any atom is -0.393 e. The van der Waals surface area contributed by atoms with Crippen LogP contribution in [0.4, 0.5) is 13.2 Å². The van der Waals surface area contributed by atoms with Crippen LogP contribution in [0.2, 0.25) is 0 Å². The molecule has 0 saturated heterocycles. The number of nitrogens with zero attached hydrogens (tertiary/aromatic N) is 1. The highest BCUT2D eigenvalue weighted by Gasteiger charge is 2.42. The third-order valence-electron chi connectivity index (χ3n) is 2.95. The minimum atomic E-state index is -4.40. The molecule has 2 unspecified atom stereocenters. The van der Waals surface area contributed by atoms with Gasteiger partial charge in [0.2, 0.25) is 0 Å². The number of thiocarbonyl (C=S) groups is 1. The molecule has 0 aromatic heterocycles. The van der Waals surface area contributed by atoms with Crippen LogP contribution in [0.3, 0.4) is 0 Å². The van der Waals surface area contributed by atoms with E-state index >= 15 is 0 Å². The van der Waals surface area contributed by atoms with Crippen molar-refractivity contribution in [2.45, 2.75) is 32.5 Å². The SMILES string of the molecule is CCC(C)N(CCOC)CC(C(N)=S)C(F)(F)F. The van der Waals surface area contributed by atoms with E-state index in [9.17, 15) is 13.2 Å². The van der Waals surface area contributed by atoms with E-state index < -0.39 is 17.1 Å². The first-order valence-corrected chi connectivity index (χ1v) is 6.23. The largest absolute Gasteiger partial charge is 0.399 e. The van der Waals surface area contributed by atoms with Crippen LogP contribution in [0.5, 0.6) is 0 Å².